The van der Waals surface area contributed by atoms with Gasteiger partial charge in [-0.1, -0.05) is 6.92 Å². The summed E-state index contributed by atoms with van der Waals surface area (Å²) in [6, 6.07) is 3.22. The zero-order chi connectivity index (χ0) is 20.9. The van der Waals surface area contributed by atoms with Crippen LogP contribution in [0.1, 0.15) is 41.7 Å². The van der Waals surface area contributed by atoms with Gasteiger partial charge in [0.15, 0.2) is 16.0 Å². The van der Waals surface area contributed by atoms with E-state index in [1.165, 1.54) is 41.8 Å². The minimum atomic E-state index is -0.371. The first-order chi connectivity index (χ1) is 14.5. The Morgan fingerprint density at radius 2 is 1.83 bits per heavy atom. The summed E-state index contributed by atoms with van der Waals surface area (Å²) in [6.07, 6.45) is 4.01. The second-order valence-electron chi connectivity index (χ2n) is 7.40. The molecule has 0 atom stereocenters. The minimum absolute atomic E-state index is 0.117. The first kappa shape index (κ1) is 20.7. The van der Waals surface area contributed by atoms with Crippen LogP contribution in [-0.4, -0.2) is 39.8 Å². The minimum Gasteiger partial charge on any atom is -0.459 e. The van der Waals surface area contributed by atoms with Crippen molar-refractivity contribution in [2.24, 2.45) is 5.92 Å². The molecule has 0 aromatic carbocycles. The van der Waals surface area contributed by atoms with Crippen molar-refractivity contribution in [3.8, 4) is 0 Å². The fourth-order valence-corrected chi connectivity index (χ4v) is 4.65. The molecule has 2 amide bonds. The van der Waals surface area contributed by atoms with Gasteiger partial charge < -0.3 is 9.73 Å². The quantitative estimate of drug-likeness (QED) is 0.573. The molecule has 0 saturated carbocycles. The third-order valence-electron chi connectivity index (χ3n) is 4.92. The molecule has 3 aromatic rings. The molecule has 30 heavy (non-hydrogen) atoms. The highest BCUT2D eigenvalue weighted by Crippen LogP contribution is 2.22. The predicted molar refractivity (Wildman–Crippen MR) is 117 cm³/mol. The second-order valence-corrected chi connectivity index (χ2v) is 9.12. The van der Waals surface area contributed by atoms with Gasteiger partial charge in [-0.3, -0.25) is 19.8 Å². The van der Waals surface area contributed by atoms with Gasteiger partial charge in [0.05, 0.1) is 24.1 Å². The molecule has 1 aliphatic rings. The number of nitrogens with one attached hydrogen (secondary N) is 2. The molecular weight excluding hydrogens is 422 g/mol. The topological polar surface area (TPSA) is 100 Å². The van der Waals surface area contributed by atoms with E-state index >= 15 is 0 Å². The van der Waals surface area contributed by atoms with Crippen LogP contribution >= 0.6 is 22.7 Å². The number of amides is 2. The zero-order valence-electron chi connectivity index (χ0n) is 16.6. The van der Waals surface area contributed by atoms with Gasteiger partial charge in [0.2, 0.25) is 5.91 Å². The SMILES string of the molecule is CC1CCN(Cc2csc(NC(=O)Cc3csc(NC(=O)c4ccco4)n3)n2)CC1. The summed E-state index contributed by atoms with van der Waals surface area (Å²) in [4.78, 5) is 35.6. The molecule has 4 rings (SSSR count). The van der Waals surface area contributed by atoms with Crippen LogP contribution in [0, 0.1) is 5.92 Å². The van der Waals surface area contributed by atoms with Gasteiger partial charge in [-0.2, -0.15) is 0 Å². The average Bonchev–Trinajstić information content (AvgIpc) is 3.47. The van der Waals surface area contributed by atoms with Crippen LogP contribution in [0.25, 0.3) is 0 Å². The summed E-state index contributed by atoms with van der Waals surface area (Å²) in [6.45, 7) is 5.32. The Hall–Kier alpha value is -2.56. The fraction of sp³-hybridized carbons (Fsp3) is 0.400. The van der Waals surface area contributed by atoms with Crippen LogP contribution in [0.4, 0.5) is 10.3 Å². The highest BCUT2D eigenvalue weighted by atomic mass is 32.1. The largest absolute Gasteiger partial charge is 0.459 e. The molecule has 158 valence electrons. The van der Waals surface area contributed by atoms with Gasteiger partial charge in [0, 0.05) is 17.3 Å². The van der Waals surface area contributed by atoms with Crippen LogP contribution in [0.15, 0.2) is 33.6 Å². The monoisotopic (exact) mass is 445 g/mol. The summed E-state index contributed by atoms with van der Waals surface area (Å²) in [5, 5.41) is 10.3. The van der Waals surface area contributed by atoms with Crippen molar-refractivity contribution >= 4 is 44.8 Å². The first-order valence-electron chi connectivity index (χ1n) is 9.81. The molecule has 2 N–H and O–H groups in total. The second kappa shape index (κ2) is 9.50. The molecule has 0 bridgehead atoms. The predicted octanol–water partition coefficient (Wildman–Crippen LogP) is 3.86. The van der Waals surface area contributed by atoms with Crippen molar-refractivity contribution in [2.75, 3.05) is 23.7 Å². The van der Waals surface area contributed by atoms with E-state index in [2.05, 4.69) is 32.4 Å². The maximum absolute atomic E-state index is 12.3. The number of hydrogen-bond donors (Lipinski definition) is 2. The maximum Gasteiger partial charge on any atom is 0.293 e. The number of anilines is 2. The highest BCUT2D eigenvalue weighted by molar-refractivity contribution is 7.14. The van der Waals surface area contributed by atoms with Crippen molar-refractivity contribution in [3.05, 3.63) is 46.3 Å². The van der Waals surface area contributed by atoms with E-state index < -0.39 is 0 Å². The molecule has 8 nitrogen and oxygen atoms in total. The summed E-state index contributed by atoms with van der Waals surface area (Å²) >= 11 is 2.70. The lowest BCUT2D eigenvalue weighted by molar-refractivity contribution is -0.115. The summed E-state index contributed by atoms with van der Waals surface area (Å²) in [7, 11) is 0. The van der Waals surface area contributed by atoms with Gasteiger partial charge in [-0.25, -0.2) is 9.97 Å². The smallest absolute Gasteiger partial charge is 0.293 e. The molecule has 3 aromatic heterocycles. The number of carbonyl (C=O) groups excluding carboxylic acids is 2. The number of thiazole rings is 2. The van der Waals surface area contributed by atoms with E-state index in [1.54, 1.807) is 17.5 Å². The number of carbonyl (C=O) groups is 2. The van der Waals surface area contributed by atoms with Crippen molar-refractivity contribution in [1.82, 2.24) is 14.9 Å². The number of likely N-dealkylation sites (tertiary alicyclic amines) is 1. The van der Waals surface area contributed by atoms with E-state index in [0.29, 0.717) is 16.0 Å². The Labute approximate surface area is 182 Å². The fourth-order valence-electron chi connectivity index (χ4n) is 3.23. The standard InChI is InChI=1S/C20H23N5O3S2/c1-13-4-6-25(7-5-13)10-15-12-30-19(22-15)23-17(26)9-14-11-29-20(21-14)24-18(27)16-3-2-8-28-16/h2-3,8,11-13H,4-7,9-10H2,1H3,(H,21,24,27)(H,22,23,26). The Balaban J connectivity index is 1.25. The molecule has 0 unspecified atom stereocenters. The Kier molecular flexibility index (Phi) is 6.56. The van der Waals surface area contributed by atoms with Gasteiger partial charge in [-0.05, 0) is 44.0 Å². The van der Waals surface area contributed by atoms with Crippen molar-refractivity contribution in [2.45, 2.75) is 32.7 Å². The molecule has 10 heteroatoms. The van der Waals surface area contributed by atoms with Crippen LogP contribution < -0.4 is 10.6 Å². The lowest BCUT2D eigenvalue weighted by Gasteiger charge is -2.29. The van der Waals surface area contributed by atoms with E-state index in [-0.39, 0.29) is 24.0 Å². The summed E-state index contributed by atoms with van der Waals surface area (Å²) < 4.78 is 5.05. The van der Waals surface area contributed by atoms with E-state index in [4.69, 9.17) is 4.42 Å². The lowest BCUT2D eigenvalue weighted by Crippen LogP contribution is -2.32. The number of rotatable bonds is 7. The zero-order valence-corrected chi connectivity index (χ0v) is 18.2. The molecule has 4 heterocycles. The van der Waals surface area contributed by atoms with Crippen molar-refractivity contribution in [3.63, 3.8) is 0 Å². The number of aromatic nitrogens is 2. The summed E-state index contributed by atoms with van der Waals surface area (Å²) in [5.41, 5.74) is 1.58. The summed E-state index contributed by atoms with van der Waals surface area (Å²) in [5.74, 6) is 0.458. The number of piperidine rings is 1. The van der Waals surface area contributed by atoms with Gasteiger partial charge >= 0.3 is 0 Å². The normalized spacial score (nSPS) is 15.2. The third kappa shape index (κ3) is 5.53. The molecule has 1 aliphatic heterocycles. The Bertz CT molecular complexity index is 990. The van der Waals surface area contributed by atoms with Gasteiger partial charge in [0.1, 0.15) is 0 Å². The first-order valence-corrected chi connectivity index (χ1v) is 11.6. The molecule has 0 aliphatic carbocycles. The molecule has 1 fully saturated rings. The van der Waals surface area contributed by atoms with E-state index in [0.717, 1.165) is 31.2 Å². The number of nitrogens with zero attached hydrogens (tertiary/aromatic N) is 3. The van der Waals surface area contributed by atoms with Gasteiger partial charge in [-0.15, -0.1) is 22.7 Å². The average molecular weight is 446 g/mol. The molecule has 0 radical (unpaired) electrons. The van der Waals surface area contributed by atoms with Crippen LogP contribution in [0.3, 0.4) is 0 Å². The van der Waals surface area contributed by atoms with Crippen LogP contribution in [0.5, 0.6) is 0 Å². The maximum atomic E-state index is 12.3. The molecular formula is C20H23N5O3S2. The Morgan fingerprint density at radius 3 is 2.57 bits per heavy atom. The van der Waals surface area contributed by atoms with E-state index in [1.807, 2.05) is 5.38 Å². The van der Waals surface area contributed by atoms with Crippen molar-refractivity contribution < 1.29 is 14.0 Å². The molecule has 1 saturated heterocycles. The number of hydrogen-bond acceptors (Lipinski definition) is 8. The van der Waals surface area contributed by atoms with Crippen LogP contribution in [-0.2, 0) is 17.8 Å². The van der Waals surface area contributed by atoms with Crippen LogP contribution in [0.2, 0.25) is 0 Å². The highest BCUT2D eigenvalue weighted by Gasteiger charge is 2.17. The van der Waals surface area contributed by atoms with Gasteiger partial charge in [0.25, 0.3) is 5.91 Å². The van der Waals surface area contributed by atoms with Crippen molar-refractivity contribution in [1.29, 1.82) is 0 Å². The number of furan rings is 1. The Morgan fingerprint density at radius 1 is 1.13 bits per heavy atom. The van der Waals surface area contributed by atoms with E-state index in [9.17, 15) is 9.59 Å². The molecule has 0 spiro atoms. The lowest BCUT2D eigenvalue weighted by atomic mass is 9.99. The third-order valence-corrected chi connectivity index (χ3v) is 6.53.